The molecule has 0 bridgehead atoms. The quantitative estimate of drug-likeness (QED) is 0.553. The number of hydrogen-bond acceptors (Lipinski definition) is 6. The van der Waals surface area contributed by atoms with Crippen LogP contribution in [0.1, 0.15) is 17.3 Å². The lowest BCUT2D eigenvalue weighted by molar-refractivity contribution is -0.387. The summed E-state index contributed by atoms with van der Waals surface area (Å²) in [6.07, 6.45) is 0. The molecule has 28 heavy (non-hydrogen) atoms. The highest BCUT2D eigenvalue weighted by Crippen LogP contribution is 2.29. The smallest absolute Gasteiger partial charge is 0.305 e. The Balaban J connectivity index is 2.40. The van der Waals surface area contributed by atoms with E-state index in [-0.39, 0.29) is 28.5 Å². The van der Waals surface area contributed by atoms with E-state index in [9.17, 15) is 27.7 Å². The van der Waals surface area contributed by atoms with Gasteiger partial charge in [0.05, 0.1) is 11.5 Å². The number of amides is 1. The lowest BCUT2D eigenvalue weighted by Crippen LogP contribution is -2.23. The minimum Gasteiger partial charge on any atom is -0.492 e. The monoisotopic (exact) mass is 411 g/mol. The summed E-state index contributed by atoms with van der Waals surface area (Å²) in [6.45, 7) is 1.93. The number of sulfonamides is 1. The molecule has 0 aromatic heterocycles. The number of nitro groups is 1. The van der Waals surface area contributed by atoms with Crippen molar-refractivity contribution >= 4 is 27.3 Å². The minimum absolute atomic E-state index is 0.117. The number of carbonyl (C=O) groups is 1. The number of carbonyl (C=O) groups excluding carboxylic acids is 1. The lowest BCUT2D eigenvalue weighted by Gasteiger charge is -2.16. The molecule has 0 aliphatic heterocycles. The molecule has 0 heterocycles. The first kappa shape index (κ1) is 21.3. The van der Waals surface area contributed by atoms with Gasteiger partial charge in [-0.3, -0.25) is 14.9 Å². The molecule has 0 spiro atoms. The van der Waals surface area contributed by atoms with Crippen molar-refractivity contribution in [2.45, 2.75) is 11.8 Å². The van der Waals surface area contributed by atoms with Gasteiger partial charge in [-0.1, -0.05) is 0 Å². The Hall–Kier alpha value is -3.05. The van der Waals surface area contributed by atoms with Gasteiger partial charge in [-0.2, -0.15) is 4.39 Å². The van der Waals surface area contributed by atoms with E-state index in [1.807, 2.05) is 0 Å². The van der Waals surface area contributed by atoms with Gasteiger partial charge in [-0.05, 0) is 37.3 Å². The fourth-order valence-corrected chi connectivity index (χ4v) is 3.31. The molecule has 0 aliphatic carbocycles. The van der Waals surface area contributed by atoms with Crippen LogP contribution in [0.4, 0.5) is 15.8 Å². The van der Waals surface area contributed by atoms with Crippen LogP contribution in [0.5, 0.6) is 5.75 Å². The maximum absolute atomic E-state index is 13.4. The Morgan fingerprint density at radius 1 is 1.25 bits per heavy atom. The molecule has 0 fully saturated rings. The molecule has 1 N–H and O–H groups in total. The van der Waals surface area contributed by atoms with E-state index in [0.29, 0.717) is 0 Å². The van der Waals surface area contributed by atoms with Crippen molar-refractivity contribution in [1.29, 1.82) is 0 Å². The Morgan fingerprint density at radius 3 is 2.50 bits per heavy atom. The minimum atomic E-state index is -3.86. The van der Waals surface area contributed by atoms with Gasteiger partial charge in [0.2, 0.25) is 15.8 Å². The third kappa shape index (κ3) is 4.43. The van der Waals surface area contributed by atoms with Crippen LogP contribution < -0.4 is 10.1 Å². The van der Waals surface area contributed by atoms with Gasteiger partial charge in [0.25, 0.3) is 5.91 Å². The van der Waals surface area contributed by atoms with Crippen molar-refractivity contribution in [3.63, 3.8) is 0 Å². The van der Waals surface area contributed by atoms with Gasteiger partial charge in [-0.15, -0.1) is 0 Å². The molecule has 0 saturated heterocycles. The number of benzene rings is 2. The SMILES string of the molecule is CCOc1ccc(NC(=O)c2ccc(F)c([N+](=O)[O-])c2)cc1S(=O)(=O)N(C)C. The summed E-state index contributed by atoms with van der Waals surface area (Å²) in [5.74, 6) is -1.71. The van der Waals surface area contributed by atoms with Crippen molar-refractivity contribution in [2.24, 2.45) is 0 Å². The first-order valence-electron chi connectivity index (χ1n) is 8.02. The third-order valence-corrected chi connectivity index (χ3v) is 5.50. The maximum atomic E-state index is 13.4. The number of rotatable bonds is 7. The molecule has 0 unspecified atom stereocenters. The number of nitrogens with zero attached hydrogens (tertiary/aromatic N) is 2. The molecule has 0 aliphatic rings. The van der Waals surface area contributed by atoms with E-state index in [4.69, 9.17) is 4.74 Å². The van der Waals surface area contributed by atoms with Crippen LogP contribution in [-0.2, 0) is 10.0 Å². The Morgan fingerprint density at radius 2 is 1.93 bits per heavy atom. The van der Waals surface area contributed by atoms with Crippen LogP contribution >= 0.6 is 0 Å². The lowest BCUT2D eigenvalue weighted by atomic mass is 10.1. The van der Waals surface area contributed by atoms with Crippen molar-refractivity contribution in [3.05, 3.63) is 57.9 Å². The van der Waals surface area contributed by atoms with Crippen LogP contribution in [0.3, 0.4) is 0 Å². The standard InChI is InChI=1S/C17H18FN3O6S/c1-4-27-15-8-6-12(10-16(15)28(25,26)20(2)3)19-17(22)11-5-7-13(18)14(9-11)21(23)24/h5-10H,4H2,1-3H3,(H,19,22). The van der Waals surface area contributed by atoms with Crippen LogP contribution in [0.2, 0.25) is 0 Å². The molecular formula is C17H18FN3O6S. The normalized spacial score (nSPS) is 11.3. The summed E-state index contributed by atoms with van der Waals surface area (Å²) in [5.41, 5.74) is -0.866. The zero-order valence-corrected chi connectivity index (χ0v) is 16.1. The molecule has 2 aromatic rings. The zero-order valence-electron chi connectivity index (χ0n) is 15.3. The van der Waals surface area contributed by atoms with E-state index in [0.717, 1.165) is 22.5 Å². The van der Waals surface area contributed by atoms with Crippen LogP contribution in [-0.4, -0.2) is 44.3 Å². The summed E-state index contributed by atoms with van der Waals surface area (Å²) in [6, 6.07) is 6.74. The second-order valence-electron chi connectivity index (χ2n) is 5.76. The third-order valence-electron chi connectivity index (χ3n) is 3.67. The number of nitro benzene ring substituents is 1. The molecule has 2 rings (SSSR count). The highest BCUT2D eigenvalue weighted by Gasteiger charge is 2.24. The largest absolute Gasteiger partial charge is 0.492 e. The molecule has 0 radical (unpaired) electrons. The summed E-state index contributed by atoms with van der Waals surface area (Å²) in [7, 11) is -1.15. The predicted molar refractivity (Wildman–Crippen MR) is 99.5 cm³/mol. The van der Waals surface area contributed by atoms with Crippen molar-refractivity contribution in [2.75, 3.05) is 26.0 Å². The van der Waals surface area contributed by atoms with E-state index in [1.165, 1.54) is 32.3 Å². The summed E-state index contributed by atoms with van der Waals surface area (Å²) in [5, 5.41) is 13.3. The molecule has 0 atom stereocenters. The average molecular weight is 411 g/mol. The van der Waals surface area contributed by atoms with E-state index < -0.39 is 32.4 Å². The predicted octanol–water partition coefficient (Wildman–Crippen LogP) is 2.64. The van der Waals surface area contributed by atoms with Crippen LogP contribution in [0.25, 0.3) is 0 Å². The Labute approximate surface area is 160 Å². The molecule has 0 saturated carbocycles. The number of ether oxygens (including phenoxy) is 1. The molecular weight excluding hydrogens is 393 g/mol. The van der Waals surface area contributed by atoms with E-state index >= 15 is 0 Å². The van der Waals surface area contributed by atoms with Gasteiger partial charge in [-0.25, -0.2) is 12.7 Å². The van der Waals surface area contributed by atoms with Crippen LogP contribution in [0, 0.1) is 15.9 Å². The van der Waals surface area contributed by atoms with E-state index in [1.54, 1.807) is 6.92 Å². The fourth-order valence-electron chi connectivity index (χ4n) is 2.26. The van der Waals surface area contributed by atoms with Crippen molar-refractivity contribution in [1.82, 2.24) is 4.31 Å². The summed E-state index contributed by atoms with van der Waals surface area (Å²) < 4.78 is 44.8. The first-order valence-corrected chi connectivity index (χ1v) is 9.46. The second-order valence-corrected chi connectivity index (χ2v) is 7.88. The molecule has 150 valence electrons. The van der Waals surface area contributed by atoms with Crippen molar-refractivity contribution in [3.8, 4) is 5.75 Å². The average Bonchev–Trinajstić information content (AvgIpc) is 2.62. The number of anilines is 1. The molecule has 9 nitrogen and oxygen atoms in total. The summed E-state index contributed by atoms with van der Waals surface area (Å²) in [4.78, 5) is 22.1. The second kappa shape index (κ2) is 8.31. The molecule has 1 amide bonds. The molecule has 2 aromatic carbocycles. The van der Waals surface area contributed by atoms with Gasteiger partial charge >= 0.3 is 5.69 Å². The number of nitrogens with one attached hydrogen (secondary N) is 1. The van der Waals surface area contributed by atoms with Gasteiger partial charge in [0.15, 0.2) is 0 Å². The highest BCUT2D eigenvalue weighted by atomic mass is 32.2. The van der Waals surface area contributed by atoms with Gasteiger partial charge < -0.3 is 10.1 Å². The fraction of sp³-hybridized carbons (Fsp3) is 0.235. The van der Waals surface area contributed by atoms with Gasteiger partial charge in [0.1, 0.15) is 10.6 Å². The first-order chi connectivity index (χ1) is 13.1. The topological polar surface area (TPSA) is 119 Å². The Kier molecular flexibility index (Phi) is 6.31. The van der Waals surface area contributed by atoms with Gasteiger partial charge in [0, 0.05) is 31.4 Å². The summed E-state index contributed by atoms with van der Waals surface area (Å²) >= 11 is 0. The Bertz CT molecular complexity index is 1020. The number of hydrogen-bond donors (Lipinski definition) is 1. The molecule has 11 heteroatoms. The van der Waals surface area contributed by atoms with E-state index in [2.05, 4.69) is 5.32 Å². The maximum Gasteiger partial charge on any atom is 0.305 e. The number of halogens is 1. The highest BCUT2D eigenvalue weighted by molar-refractivity contribution is 7.89. The zero-order chi connectivity index (χ0) is 21.1. The van der Waals surface area contributed by atoms with Crippen LogP contribution in [0.15, 0.2) is 41.3 Å². The van der Waals surface area contributed by atoms with Crippen molar-refractivity contribution < 1.29 is 27.3 Å².